The third kappa shape index (κ3) is 1.16. The monoisotopic (exact) mass is 243 g/mol. The summed E-state index contributed by atoms with van der Waals surface area (Å²) in [6, 6.07) is 6.65. The van der Waals surface area contributed by atoms with Gasteiger partial charge < -0.3 is 14.0 Å². The first-order valence-electron chi connectivity index (χ1n) is 6.50. The summed E-state index contributed by atoms with van der Waals surface area (Å²) in [6.45, 7) is 7.95. The molecule has 2 bridgehead atoms. The molecule has 0 unspecified atom stereocenters. The molecule has 0 saturated carbocycles. The van der Waals surface area contributed by atoms with Crippen LogP contribution in [-0.4, -0.2) is 17.3 Å². The molecule has 0 aliphatic carbocycles. The van der Waals surface area contributed by atoms with Crippen LogP contribution in [0, 0.1) is 13.8 Å². The fourth-order valence-corrected chi connectivity index (χ4v) is 3.47. The smallest absolute Gasteiger partial charge is 0.208 e. The van der Waals surface area contributed by atoms with Crippen LogP contribution in [-0.2, 0) is 21.8 Å². The van der Waals surface area contributed by atoms with Crippen LogP contribution in [0.2, 0.25) is 0 Å². The van der Waals surface area contributed by atoms with Crippen molar-refractivity contribution < 1.29 is 9.47 Å². The molecule has 1 saturated heterocycles. The number of hydrogen-bond donors (Lipinski definition) is 0. The Morgan fingerprint density at radius 3 is 3.00 bits per heavy atom. The van der Waals surface area contributed by atoms with E-state index in [0.717, 1.165) is 6.54 Å². The van der Waals surface area contributed by atoms with E-state index in [-0.39, 0.29) is 6.10 Å². The molecule has 0 amide bonds. The number of aromatic nitrogens is 1. The topological polar surface area (TPSA) is 23.4 Å². The van der Waals surface area contributed by atoms with Gasteiger partial charge in [0.2, 0.25) is 5.79 Å². The van der Waals surface area contributed by atoms with Crippen LogP contribution in [0.4, 0.5) is 0 Å². The highest BCUT2D eigenvalue weighted by atomic mass is 16.7. The summed E-state index contributed by atoms with van der Waals surface area (Å²) in [6.07, 6.45) is 0.193. The maximum Gasteiger partial charge on any atom is 0.208 e. The van der Waals surface area contributed by atoms with Crippen LogP contribution >= 0.6 is 0 Å². The third-order valence-corrected chi connectivity index (χ3v) is 4.22. The van der Waals surface area contributed by atoms with E-state index in [1.54, 1.807) is 0 Å². The molecule has 0 spiro atoms. The minimum absolute atomic E-state index is 0.193. The number of benzene rings is 1. The van der Waals surface area contributed by atoms with Crippen LogP contribution < -0.4 is 0 Å². The molecule has 0 radical (unpaired) electrons. The maximum atomic E-state index is 6.01. The van der Waals surface area contributed by atoms with Gasteiger partial charge in [-0.2, -0.15) is 0 Å². The molecule has 0 N–H and O–H groups in total. The minimum Gasteiger partial charge on any atom is -0.342 e. The molecular formula is C15H17NO2. The molecular weight excluding hydrogens is 226 g/mol. The lowest BCUT2D eigenvalue weighted by Crippen LogP contribution is -2.34. The summed E-state index contributed by atoms with van der Waals surface area (Å²) in [7, 11) is 0. The first-order valence-corrected chi connectivity index (χ1v) is 6.50. The van der Waals surface area contributed by atoms with E-state index in [1.807, 2.05) is 6.92 Å². The van der Waals surface area contributed by atoms with Crippen molar-refractivity contribution in [3.8, 4) is 0 Å². The lowest BCUT2D eigenvalue weighted by Gasteiger charge is -2.31. The van der Waals surface area contributed by atoms with Gasteiger partial charge in [0.05, 0.1) is 18.8 Å². The highest BCUT2D eigenvalue weighted by molar-refractivity contribution is 5.86. The Balaban J connectivity index is 2.10. The third-order valence-electron chi connectivity index (χ3n) is 4.22. The molecule has 2 atom stereocenters. The highest BCUT2D eigenvalue weighted by Gasteiger charge is 2.47. The molecule has 2 aliphatic rings. The standard InChI is InChI=1S/C15H17NO2/c1-9-4-5-13-12(6-9)10(2)14-15(3)17-8-11(18-15)7-16(13)14/h4-6,11H,7-8H2,1-3H3/t11-,15-/m1/s1. The maximum absolute atomic E-state index is 6.01. The second-order valence-electron chi connectivity index (χ2n) is 5.60. The zero-order chi connectivity index (χ0) is 12.5. The predicted octanol–water partition coefficient (Wildman–Crippen LogP) is 2.86. The fourth-order valence-electron chi connectivity index (χ4n) is 3.47. The number of aryl methyl sites for hydroxylation is 2. The van der Waals surface area contributed by atoms with E-state index in [4.69, 9.17) is 9.47 Å². The van der Waals surface area contributed by atoms with Crippen LogP contribution in [0.25, 0.3) is 10.9 Å². The molecule has 2 aromatic rings. The summed E-state index contributed by atoms with van der Waals surface area (Å²) in [5, 5.41) is 1.32. The number of rotatable bonds is 0. The van der Waals surface area contributed by atoms with Gasteiger partial charge in [-0.25, -0.2) is 0 Å². The zero-order valence-electron chi connectivity index (χ0n) is 11.0. The van der Waals surface area contributed by atoms with Gasteiger partial charge in [-0.3, -0.25) is 0 Å². The van der Waals surface area contributed by atoms with Gasteiger partial charge in [0.15, 0.2) is 0 Å². The normalized spacial score (nSPS) is 29.8. The molecule has 1 fully saturated rings. The Hall–Kier alpha value is -1.32. The Morgan fingerprint density at radius 1 is 1.33 bits per heavy atom. The van der Waals surface area contributed by atoms with Crippen LogP contribution in [0.3, 0.4) is 0 Å². The molecule has 1 aromatic carbocycles. The molecule has 4 rings (SSSR count). The van der Waals surface area contributed by atoms with Crippen molar-refractivity contribution in [1.29, 1.82) is 0 Å². The van der Waals surface area contributed by atoms with E-state index in [1.165, 1.54) is 27.7 Å². The fraction of sp³-hybridized carbons (Fsp3) is 0.467. The van der Waals surface area contributed by atoms with Gasteiger partial charge in [0.1, 0.15) is 6.10 Å². The molecule has 3 heterocycles. The number of nitrogens with zero attached hydrogens (tertiary/aromatic N) is 1. The molecule has 2 aliphatic heterocycles. The van der Waals surface area contributed by atoms with Crippen LogP contribution in [0.5, 0.6) is 0 Å². The molecule has 3 heteroatoms. The Kier molecular flexibility index (Phi) is 1.86. The second-order valence-corrected chi connectivity index (χ2v) is 5.60. The molecule has 94 valence electrons. The second kappa shape index (κ2) is 3.16. The zero-order valence-corrected chi connectivity index (χ0v) is 11.0. The van der Waals surface area contributed by atoms with Gasteiger partial charge in [-0.05, 0) is 38.5 Å². The number of hydrogen-bond acceptors (Lipinski definition) is 2. The van der Waals surface area contributed by atoms with E-state index >= 15 is 0 Å². The molecule has 18 heavy (non-hydrogen) atoms. The Bertz CT molecular complexity index is 658. The van der Waals surface area contributed by atoms with Crippen molar-refractivity contribution in [2.24, 2.45) is 0 Å². The average molecular weight is 243 g/mol. The molecule has 3 nitrogen and oxygen atoms in total. The van der Waals surface area contributed by atoms with E-state index < -0.39 is 5.79 Å². The number of ether oxygens (including phenoxy) is 2. The largest absolute Gasteiger partial charge is 0.342 e. The first-order chi connectivity index (χ1) is 8.58. The van der Waals surface area contributed by atoms with Gasteiger partial charge in [0.25, 0.3) is 0 Å². The van der Waals surface area contributed by atoms with Gasteiger partial charge in [-0.1, -0.05) is 11.6 Å². The quantitative estimate of drug-likeness (QED) is 0.710. The van der Waals surface area contributed by atoms with Crippen molar-refractivity contribution in [3.63, 3.8) is 0 Å². The summed E-state index contributed by atoms with van der Waals surface area (Å²) < 4.78 is 14.3. The minimum atomic E-state index is -0.556. The SMILES string of the molecule is Cc1ccc2c(c1)c(C)c1n2C[C@@H]2CO[C@]1(C)O2. The first kappa shape index (κ1) is 10.6. The summed E-state index contributed by atoms with van der Waals surface area (Å²) in [5.41, 5.74) is 5.08. The van der Waals surface area contributed by atoms with Crippen LogP contribution in [0.1, 0.15) is 23.7 Å². The number of fused-ring (bicyclic) bond motifs is 6. The van der Waals surface area contributed by atoms with Gasteiger partial charge in [0, 0.05) is 10.9 Å². The highest BCUT2D eigenvalue weighted by Crippen LogP contribution is 2.44. The van der Waals surface area contributed by atoms with Gasteiger partial charge >= 0.3 is 0 Å². The van der Waals surface area contributed by atoms with Crippen molar-refractivity contribution in [2.75, 3.05) is 6.61 Å². The predicted molar refractivity (Wildman–Crippen MR) is 69.6 cm³/mol. The summed E-state index contributed by atoms with van der Waals surface area (Å²) >= 11 is 0. The van der Waals surface area contributed by atoms with E-state index in [9.17, 15) is 0 Å². The summed E-state index contributed by atoms with van der Waals surface area (Å²) in [5.74, 6) is -0.556. The lowest BCUT2D eigenvalue weighted by atomic mass is 10.1. The lowest BCUT2D eigenvalue weighted by molar-refractivity contribution is -0.178. The van der Waals surface area contributed by atoms with E-state index in [2.05, 4.69) is 36.6 Å². The molecule has 1 aromatic heterocycles. The van der Waals surface area contributed by atoms with Crippen molar-refractivity contribution in [2.45, 2.75) is 39.2 Å². The van der Waals surface area contributed by atoms with Crippen molar-refractivity contribution >= 4 is 10.9 Å². The van der Waals surface area contributed by atoms with Crippen LogP contribution in [0.15, 0.2) is 18.2 Å². The Morgan fingerprint density at radius 2 is 2.17 bits per heavy atom. The van der Waals surface area contributed by atoms with Gasteiger partial charge in [-0.15, -0.1) is 0 Å². The summed E-state index contributed by atoms with van der Waals surface area (Å²) in [4.78, 5) is 0. The van der Waals surface area contributed by atoms with E-state index in [0.29, 0.717) is 6.61 Å². The van der Waals surface area contributed by atoms with Crippen molar-refractivity contribution in [1.82, 2.24) is 4.57 Å². The van der Waals surface area contributed by atoms with Crippen molar-refractivity contribution in [3.05, 3.63) is 35.0 Å². The average Bonchev–Trinajstić information content (AvgIpc) is 2.78. The Labute approximate surface area is 106 Å².